The van der Waals surface area contributed by atoms with Gasteiger partial charge in [-0.25, -0.2) is 9.78 Å². The normalized spacial score (nSPS) is 15.0. The highest BCUT2D eigenvalue weighted by Gasteiger charge is 2.27. The first-order valence-electron chi connectivity index (χ1n) is 8.47. The number of para-hydroxylation sites is 2. The van der Waals surface area contributed by atoms with E-state index in [1.54, 1.807) is 36.4 Å². The number of esters is 1. The topological polar surface area (TPSA) is 86.8 Å². The van der Waals surface area contributed by atoms with Crippen molar-refractivity contribution in [3.8, 4) is 22.8 Å². The summed E-state index contributed by atoms with van der Waals surface area (Å²) in [6.45, 7) is 0.135. The van der Waals surface area contributed by atoms with Crippen LogP contribution in [-0.4, -0.2) is 36.7 Å². The number of nitrogens with one attached hydrogen (secondary N) is 1. The van der Waals surface area contributed by atoms with Crippen molar-refractivity contribution in [2.45, 2.75) is 6.10 Å². The second-order valence-electron chi connectivity index (χ2n) is 5.96. The first kappa shape index (κ1) is 18.0. The number of fused-ring (bicyclic) bond motifs is 1. The molecule has 0 fully saturated rings. The Morgan fingerprint density at radius 1 is 1.14 bits per heavy atom. The number of rotatable bonds is 4. The molecule has 8 heteroatoms. The highest BCUT2D eigenvalue weighted by molar-refractivity contribution is 7.14. The third-order valence-electron chi connectivity index (χ3n) is 4.14. The van der Waals surface area contributed by atoms with Crippen LogP contribution in [0.4, 0.5) is 5.13 Å². The van der Waals surface area contributed by atoms with Gasteiger partial charge in [0.15, 0.2) is 16.6 Å². The zero-order chi connectivity index (χ0) is 19.5. The molecule has 0 aliphatic carbocycles. The average molecular weight is 396 g/mol. The summed E-state index contributed by atoms with van der Waals surface area (Å²) >= 11 is 1.31. The van der Waals surface area contributed by atoms with Crippen LogP contribution >= 0.6 is 11.3 Å². The van der Waals surface area contributed by atoms with Gasteiger partial charge >= 0.3 is 5.97 Å². The number of carbonyl (C=O) groups is 2. The molecule has 0 saturated heterocycles. The predicted octanol–water partition coefficient (Wildman–Crippen LogP) is 3.38. The fraction of sp³-hybridized carbons (Fsp3) is 0.150. The predicted molar refractivity (Wildman–Crippen MR) is 104 cm³/mol. The summed E-state index contributed by atoms with van der Waals surface area (Å²) in [4.78, 5) is 28.4. The molecule has 0 bridgehead atoms. The first-order valence-corrected chi connectivity index (χ1v) is 9.35. The number of thiazole rings is 1. The molecule has 0 saturated carbocycles. The maximum atomic E-state index is 12.5. The standard InChI is InChI=1S/C20H16N2O5S/c1-25-19(24)13-8-6-12(7-9-13)14-11-28-20(21-14)22-18(23)17-10-26-15-4-2-3-5-16(15)27-17/h2-9,11,17H,10H2,1H3,(H,21,22,23)/t17-/m0/s1. The molecule has 142 valence electrons. The third kappa shape index (κ3) is 3.67. The van der Waals surface area contributed by atoms with Crippen molar-refractivity contribution in [3.05, 3.63) is 59.5 Å². The minimum Gasteiger partial charge on any atom is -0.485 e. The van der Waals surface area contributed by atoms with Gasteiger partial charge in [0.25, 0.3) is 5.91 Å². The second-order valence-corrected chi connectivity index (χ2v) is 6.82. The SMILES string of the molecule is COC(=O)c1ccc(-c2csc(NC(=O)[C@@H]3COc4ccccc4O3)n2)cc1. The molecule has 1 aliphatic heterocycles. The number of ether oxygens (including phenoxy) is 3. The summed E-state index contributed by atoms with van der Waals surface area (Å²) in [6.07, 6.45) is -0.749. The summed E-state index contributed by atoms with van der Waals surface area (Å²) in [5.74, 6) is 0.448. The van der Waals surface area contributed by atoms with Crippen LogP contribution < -0.4 is 14.8 Å². The van der Waals surface area contributed by atoms with Crippen molar-refractivity contribution >= 4 is 28.3 Å². The largest absolute Gasteiger partial charge is 0.485 e. The number of hydrogen-bond acceptors (Lipinski definition) is 7. The minimum absolute atomic E-state index is 0.135. The van der Waals surface area contributed by atoms with Crippen LogP contribution in [0.3, 0.4) is 0 Å². The number of anilines is 1. The maximum Gasteiger partial charge on any atom is 0.337 e. The van der Waals surface area contributed by atoms with Crippen molar-refractivity contribution in [1.29, 1.82) is 0 Å². The zero-order valence-electron chi connectivity index (χ0n) is 14.9. The molecule has 1 atom stereocenters. The van der Waals surface area contributed by atoms with E-state index >= 15 is 0 Å². The van der Waals surface area contributed by atoms with Crippen molar-refractivity contribution in [3.63, 3.8) is 0 Å². The molecule has 4 rings (SSSR count). The lowest BCUT2D eigenvalue weighted by Gasteiger charge is -2.25. The molecule has 1 aromatic heterocycles. The quantitative estimate of drug-likeness (QED) is 0.681. The number of hydrogen-bond donors (Lipinski definition) is 1. The van der Waals surface area contributed by atoms with Crippen LogP contribution in [0.5, 0.6) is 11.5 Å². The molecule has 0 unspecified atom stereocenters. The molecule has 28 heavy (non-hydrogen) atoms. The monoisotopic (exact) mass is 396 g/mol. The number of methoxy groups -OCH3 is 1. The molecule has 1 aliphatic rings. The highest BCUT2D eigenvalue weighted by Crippen LogP contribution is 2.31. The summed E-state index contributed by atoms with van der Waals surface area (Å²) in [5.41, 5.74) is 1.99. The van der Waals surface area contributed by atoms with Crippen LogP contribution in [0.25, 0.3) is 11.3 Å². The molecule has 7 nitrogen and oxygen atoms in total. The van der Waals surface area contributed by atoms with Gasteiger partial charge in [0.1, 0.15) is 6.61 Å². The van der Waals surface area contributed by atoms with Crippen LogP contribution in [-0.2, 0) is 9.53 Å². The fourth-order valence-corrected chi connectivity index (χ4v) is 3.42. The van der Waals surface area contributed by atoms with Crippen molar-refractivity contribution in [1.82, 2.24) is 4.98 Å². The first-order chi connectivity index (χ1) is 13.6. The zero-order valence-corrected chi connectivity index (χ0v) is 15.7. The van der Waals surface area contributed by atoms with E-state index < -0.39 is 12.1 Å². The lowest BCUT2D eigenvalue weighted by molar-refractivity contribution is -0.125. The van der Waals surface area contributed by atoms with Crippen molar-refractivity contribution < 1.29 is 23.8 Å². The lowest BCUT2D eigenvalue weighted by Crippen LogP contribution is -2.40. The van der Waals surface area contributed by atoms with E-state index in [-0.39, 0.29) is 12.5 Å². The fourth-order valence-electron chi connectivity index (χ4n) is 2.69. The summed E-state index contributed by atoms with van der Waals surface area (Å²) in [6, 6.07) is 14.1. The van der Waals surface area contributed by atoms with E-state index in [0.29, 0.717) is 27.9 Å². The molecule has 1 amide bonds. The Bertz CT molecular complexity index is 1020. The van der Waals surface area contributed by atoms with E-state index in [1.807, 2.05) is 17.5 Å². The van der Waals surface area contributed by atoms with Gasteiger partial charge in [-0.3, -0.25) is 10.1 Å². The van der Waals surface area contributed by atoms with E-state index in [1.165, 1.54) is 18.4 Å². The van der Waals surface area contributed by atoms with Gasteiger partial charge in [-0.1, -0.05) is 24.3 Å². The smallest absolute Gasteiger partial charge is 0.337 e. The number of amides is 1. The highest BCUT2D eigenvalue weighted by atomic mass is 32.1. The summed E-state index contributed by atoms with van der Waals surface area (Å²) in [7, 11) is 1.34. The molecule has 3 aromatic rings. The average Bonchev–Trinajstić information content (AvgIpc) is 3.21. The van der Waals surface area contributed by atoms with Crippen molar-refractivity contribution in [2.75, 3.05) is 19.0 Å². The number of nitrogens with zero attached hydrogens (tertiary/aromatic N) is 1. The number of aromatic nitrogens is 1. The van der Waals surface area contributed by atoms with Crippen LogP contribution in [0.1, 0.15) is 10.4 Å². The number of carbonyl (C=O) groups excluding carboxylic acids is 2. The van der Waals surface area contributed by atoms with Gasteiger partial charge in [0, 0.05) is 10.9 Å². The van der Waals surface area contributed by atoms with Gasteiger partial charge in [0.2, 0.25) is 6.10 Å². The van der Waals surface area contributed by atoms with Gasteiger partial charge in [-0.2, -0.15) is 0 Å². The van der Waals surface area contributed by atoms with E-state index in [9.17, 15) is 9.59 Å². The Hall–Kier alpha value is -3.39. The van der Waals surface area contributed by atoms with Gasteiger partial charge < -0.3 is 14.2 Å². The van der Waals surface area contributed by atoms with Gasteiger partial charge in [-0.15, -0.1) is 11.3 Å². The molecular weight excluding hydrogens is 380 g/mol. The molecule has 0 spiro atoms. The molecule has 0 radical (unpaired) electrons. The van der Waals surface area contributed by atoms with Crippen LogP contribution in [0.2, 0.25) is 0 Å². The lowest BCUT2D eigenvalue weighted by atomic mass is 10.1. The van der Waals surface area contributed by atoms with Gasteiger partial charge in [0.05, 0.1) is 18.4 Å². The van der Waals surface area contributed by atoms with E-state index in [0.717, 1.165) is 5.56 Å². The minimum atomic E-state index is -0.749. The van der Waals surface area contributed by atoms with Crippen LogP contribution in [0.15, 0.2) is 53.9 Å². The van der Waals surface area contributed by atoms with E-state index in [2.05, 4.69) is 15.0 Å². The van der Waals surface area contributed by atoms with E-state index in [4.69, 9.17) is 9.47 Å². The Balaban J connectivity index is 1.42. The third-order valence-corrected chi connectivity index (χ3v) is 4.89. The van der Waals surface area contributed by atoms with Crippen molar-refractivity contribution in [2.24, 2.45) is 0 Å². The Morgan fingerprint density at radius 3 is 2.64 bits per heavy atom. The Kier molecular flexibility index (Phi) is 4.94. The van der Waals surface area contributed by atoms with Gasteiger partial charge in [-0.05, 0) is 24.3 Å². The maximum absolute atomic E-state index is 12.5. The van der Waals surface area contributed by atoms with Crippen LogP contribution in [0, 0.1) is 0 Å². The number of benzene rings is 2. The molecule has 2 aromatic carbocycles. The Labute approximate surface area is 164 Å². The summed E-state index contributed by atoms with van der Waals surface area (Å²) in [5, 5.41) is 5.05. The Morgan fingerprint density at radius 2 is 1.89 bits per heavy atom. The second kappa shape index (κ2) is 7.69. The summed E-state index contributed by atoms with van der Waals surface area (Å²) < 4.78 is 16.0. The molecular formula is C20H16N2O5S. The molecule has 2 heterocycles. The molecule has 1 N–H and O–H groups in total.